The van der Waals surface area contributed by atoms with E-state index in [2.05, 4.69) is 51.2 Å². The van der Waals surface area contributed by atoms with E-state index in [1.165, 1.54) is 11.1 Å². The molecule has 0 aromatic heterocycles. The number of benzene rings is 1. The van der Waals surface area contributed by atoms with Gasteiger partial charge in [0.15, 0.2) is 0 Å². The fourth-order valence-corrected chi connectivity index (χ4v) is 2.45. The van der Waals surface area contributed by atoms with Crippen LogP contribution in [0.5, 0.6) is 5.75 Å². The molecule has 0 amide bonds. The lowest BCUT2D eigenvalue weighted by atomic mass is 9.81. The van der Waals surface area contributed by atoms with E-state index in [0.717, 1.165) is 12.2 Å². The van der Waals surface area contributed by atoms with Crippen LogP contribution < -0.4 is 10.1 Å². The van der Waals surface area contributed by atoms with Gasteiger partial charge in [-0.25, -0.2) is 0 Å². The molecular formula is C15H23NO. The van der Waals surface area contributed by atoms with Gasteiger partial charge in [-0.3, -0.25) is 0 Å². The molecule has 1 N–H and O–H groups in total. The van der Waals surface area contributed by atoms with Gasteiger partial charge >= 0.3 is 0 Å². The second-order valence-corrected chi connectivity index (χ2v) is 5.66. The summed E-state index contributed by atoms with van der Waals surface area (Å²) in [5.41, 5.74) is 2.52. The maximum atomic E-state index is 6.23. The van der Waals surface area contributed by atoms with Crippen molar-refractivity contribution in [3.05, 3.63) is 29.3 Å². The van der Waals surface area contributed by atoms with E-state index in [1.807, 2.05) is 7.05 Å². The minimum Gasteiger partial charge on any atom is -0.487 e. The molecule has 1 aliphatic rings. The first-order valence-electron chi connectivity index (χ1n) is 6.43. The average molecular weight is 233 g/mol. The number of ether oxygens (including phenoxy) is 1. The summed E-state index contributed by atoms with van der Waals surface area (Å²) in [6.45, 7) is 8.80. The van der Waals surface area contributed by atoms with Crippen LogP contribution in [-0.2, 0) is 0 Å². The van der Waals surface area contributed by atoms with Gasteiger partial charge in [0.05, 0.1) is 0 Å². The molecule has 2 atom stereocenters. The Labute approximate surface area is 104 Å². The lowest BCUT2D eigenvalue weighted by molar-refractivity contribution is 0.00682. The van der Waals surface area contributed by atoms with Gasteiger partial charge in [0.1, 0.15) is 11.4 Å². The van der Waals surface area contributed by atoms with Gasteiger partial charge in [-0.2, -0.15) is 0 Å². The van der Waals surface area contributed by atoms with Crippen LogP contribution in [0.4, 0.5) is 0 Å². The third-order valence-electron chi connectivity index (χ3n) is 4.06. The minimum absolute atomic E-state index is 0.0735. The van der Waals surface area contributed by atoms with E-state index in [1.54, 1.807) is 0 Å². The zero-order valence-corrected chi connectivity index (χ0v) is 11.5. The van der Waals surface area contributed by atoms with Crippen molar-refractivity contribution in [2.75, 3.05) is 7.05 Å². The van der Waals surface area contributed by atoms with Crippen LogP contribution in [0.3, 0.4) is 0 Å². The molecule has 1 heterocycles. The van der Waals surface area contributed by atoms with E-state index in [0.29, 0.717) is 12.0 Å². The molecule has 94 valence electrons. The van der Waals surface area contributed by atoms with Crippen molar-refractivity contribution in [3.8, 4) is 5.75 Å². The van der Waals surface area contributed by atoms with Gasteiger partial charge in [-0.05, 0) is 32.9 Å². The quantitative estimate of drug-likeness (QED) is 0.844. The number of fused-ring (bicyclic) bond motifs is 1. The molecule has 0 bridgehead atoms. The maximum absolute atomic E-state index is 6.23. The Hall–Kier alpha value is -1.02. The summed E-state index contributed by atoms with van der Waals surface area (Å²) < 4.78 is 6.23. The molecule has 0 spiro atoms. The Kier molecular flexibility index (Phi) is 3.17. The van der Waals surface area contributed by atoms with Crippen molar-refractivity contribution in [2.45, 2.75) is 45.8 Å². The van der Waals surface area contributed by atoms with E-state index in [4.69, 9.17) is 4.74 Å². The van der Waals surface area contributed by atoms with Gasteiger partial charge in [-0.15, -0.1) is 0 Å². The van der Waals surface area contributed by atoms with Gasteiger partial charge < -0.3 is 10.1 Å². The van der Waals surface area contributed by atoms with Crippen LogP contribution in [0.15, 0.2) is 18.2 Å². The van der Waals surface area contributed by atoms with E-state index in [9.17, 15) is 0 Å². The molecule has 2 heteroatoms. The molecular weight excluding hydrogens is 210 g/mol. The second-order valence-electron chi connectivity index (χ2n) is 5.66. The van der Waals surface area contributed by atoms with Crippen molar-refractivity contribution in [1.82, 2.24) is 5.32 Å². The average Bonchev–Trinajstić information content (AvgIpc) is 2.28. The van der Waals surface area contributed by atoms with Crippen LogP contribution in [0, 0.1) is 12.8 Å². The first kappa shape index (κ1) is 12.4. The third kappa shape index (κ3) is 2.19. The molecule has 17 heavy (non-hydrogen) atoms. The standard InChI is InChI=1S/C15H23NO/c1-10(2)15(4)9-13(16-5)12-8-11(3)6-7-14(12)17-15/h6-8,10,13,16H,9H2,1-5H3. The predicted molar refractivity (Wildman–Crippen MR) is 71.5 cm³/mol. The molecule has 0 fully saturated rings. The summed E-state index contributed by atoms with van der Waals surface area (Å²) in [7, 11) is 2.03. The van der Waals surface area contributed by atoms with E-state index >= 15 is 0 Å². The van der Waals surface area contributed by atoms with Crippen molar-refractivity contribution in [3.63, 3.8) is 0 Å². The topological polar surface area (TPSA) is 21.3 Å². The number of rotatable bonds is 2. The van der Waals surface area contributed by atoms with E-state index in [-0.39, 0.29) is 5.60 Å². The largest absolute Gasteiger partial charge is 0.487 e. The molecule has 0 saturated heterocycles. The maximum Gasteiger partial charge on any atom is 0.124 e. The van der Waals surface area contributed by atoms with Crippen LogP contribution in [-0.4, -0.2) is 12.6 Å². The predicted octanol–water partition coefficient (Wildman–Crippen LogP) is 3.45. The molecule has 0 saturated carbocycles. The van der Waals surface area contributed by atoms with Gasteiger partial charge in [0.25, 0.3) is 0 Å². The summed E-state index contributed by atoms with van der Waals surface area (Å²) in [6.07, 6.45) is 1.03. The molecule has 2 rings (SSSR count). The molecule has 1 aliphatic heterocycles. The van der Waals surface area contributed by atoms with Crippen LogP contribution in [0.2, 0.25) is 0 Å². The highest BCUT2D eigenvalue weighted by Crippen LogP contribution is 2.42. The molecule has 1 aromatic carbocycles. The highest BCUT2D eigenvalue weighted by Gasteiger charge is 2.39. The van der Waals surface area contributed by atoms with Gasteiger partial charge in [-0.1, -0.05) is 31.5 Å². The fourth-order valence-electron chi connectivity index (χ4n) is 2.45. The van der Waals surface area contributed by atoms with Crippen molar-refractivity contribution < 1.29 is 4.74 Å². The van der Waals surface area contributed by atoms with Crippen molar-refractivity contribution >= 4 is 0 Å². The Morgan fingerprint density at radius 2 is 2.12 bits per heavy atom. The Balaban J connectivity index is 2.43. The summed E-state index contributed by atoms with van der Waals surface area (Å²) in [5, 5.41) is 3.42. The summed E-state index contributed by atoms with van der Waals surface area (Å²) >= 11 is 0. The lowest BCUT2D eigenvalue weighted by Gasteiger charge is -2.42. The number of aryl methyl sites for hydroxylation is 1. The molecule has 2 unspecified atom stereocenters. The highest BCUT2D eigenvalue weighted by atomic mass is 16.5. The van der Waals surface area contributed by atoms with E-state index < -0.39 is 0 Å². The smallest absolute Gasteiger partial charge is 0.124 e. The summed E-state index contributed by atoms with van der Waals surface area (Å²) in [4.78, 5) is 0. The van der Waals surface area contributed by atoms with Crippen molar-refractivity contribution in [2.24, 2.45) is 5.92 Å². The Bertz CT molecular complexity index is 413. The van der Waals surface area contributed by atoms with Crippen LogP contribution in [0.1, 0.15) is 44.4 Å². The Morgan fingerprint density at radius 1 is 1.41 bits per heavy atom. The summed E-state index contributed by atoms with van der Waals surface area (Å²) in [5.74, 6) is 1.55. The van der Waals surface area contributed by atoms with Gasteiger partial charge in [0, 0.05) is 18.0 Å². The SMILES string of the molecule is CNC1CC(C)(C(C)C)Oc2ccc(C)cc21. The molecule has 0 aliphatic carbocycles. The number of hydrogen-bond acceptors (Lipinski definition) is 2. The number of nitrogens with one attached hydrogen (secondary N) is 1. The summed E-state index contributed by atoms with van der Waals surface area (Å²) in [6, 6.07) is 6.86. The first-order valence-corrected chi connectivity index (χ1v) is 6.43. The monoisotopic (exact) mass is 233 g/mol. The third-order valence-corrected chi connectivity index (χ3v) is 4.06. The number of hydrogen-bond donors (Lipinski definition) is 1. The van der Waals surface area contributed by atoms with Crippen LogP contribution >= 0.6 is 0 Å². The lowest BCUT2D eigenvalue weighted by Crippen LogP contribution is -2.45. The highest BCUT2D eigenvalue weighted by molar-refractivity contribution is 5.41. The first-order chi connectivity index (χ1) is 7.96. The molecule has 2 nitrogen and oxygen atoms in total. The second kappa shape index (κ2) is 4.34. The zero-order chi connectivity index (χ0) is 12.6. The van der Waals surface area contributed by atoms with Crippen LogP contribution in [0.25, 0.3) is 0 Å². The minimum atomic E-state index is -0.0735. The fraction of sp³-hybridized carbons (Fsp3) is 0.600. The molecule has 0 radical (unpaired) electrons. The zero-order valence-electron chi connectivity index (χ0n) is 11.5. The molecule has 1 aromatic rings. The normalized spacial score (nSPS) is 27.8. The van der Waals surface area contributed by atoms with Gasteiger partial charge in [0.2, 0.25) is 0 Å². The Morgan fingerprint density at radius 3 is 2.71 bits per heavy atom. The van der Waals surface area contributed by atoms with Crippen molar-refractivity contribution in [1.29, 1.82) is 0 Å².